The van der Waals surface area contributed by atoms with Crippen LogP contribution in [0.4, 0.5) is 5.69 Å². The van der Waals surface area contributed by atoms with Crippen LogP contribution in [0.3, 0.4) is 0 Å². The van der Waals surface area contributed by atoms with Crippen LogP contribution in [0.2, 0.25) is 0 Å². The molecule has 0 fully saturated rings. The van der Waals surface area contributed by atoms with Gasteiger partial charge in [-0.2, -0.15) is 0 Å². The van der Waals surface area contributed by atoms with Crippen molar-refractivity contribution < 1.29 is 23.9 Å². The number of nitrogens with one attached hydrogen (secondary N) is 1. The van der Waals surface area contributed by atoms with Crippen LogP contribution in [0.5, 0.6) is 0 Å². The summed E-state index contributed by atoms with van der Waals surface area (Å²) in [5.41, 5.74) is 0.769. The molecule has 0 bridgehead atoms. The predicted molar refractivity (Wildman–Crippen MR) is 105 cm³/mol. The van der Waals surface area contributed by atoms with Crippen LogP contribution < -0.4 is 5.32 Å². The van der Waals surface area contributed by atoms with E-state index in [-0.39, 0.29) is 12.2 Å². The average Bonchev–Trinajstić information content (AvgIpc) is 2.69. The lowest BCUT2D eigenvalue weighted by Gasteiger charge is -2.37. The third-order valence-corrected chi connectivity index (χ3v) is 5.94. The molecule has 7 heteroatoms. The minimum atomic E-state index is -2.04. The Labute approximate surface area is 166 Å². The molecule has 0 spiro atoms. The van der Waals surface area contributed by atoms with Crippen molar-refractivity contribution in [2.75, 3.05) is 11.9 Å². The molecule has 2 aromatic rings. The molecule has 0 saturated carbocycles. The van der Waals surface area contributed by atoms with Gasteiger partial charge >= 0.3 is 5.97 Å². The van der Waals surface area contributed by atoms with Crippen LogP contribution in [-0.4, -0.2) is 34.8 Å². The molecule has 0 aliphatic carbocycles. The Morgan fingerprint density at radius 2 is 1.71 bits per heavy atom. The molecule has 0 radical (unpaired) electrons. The van der Waals surface area contributed by atoms with Gasteiger partial charge in [-0.05, 0) is 26.0 Å². The lowest BCUT2D eigenvalue weighted by Crippen LogP contribution is -2.59. The minimum Gasteiger partial charge on any atom is -0.465 e. The maximum absolute atomic E-state index is 13.2. The molecule has 28 heavy (non-hydrogen) atoms. The van der Waals surface area contributed by atoms with Gasteiger partial charge in [-0.1, -0.05) is 54.2 Å². The van der Waals surface area contributed by atoms with Crippen molar-refractivity contribution in [1.82, 2.24) is 0 Å². The lowest BCUT2D eigenvalue weighted by atomic mass is 9.81. The predicted octanol–water partition coefficient (Wildman–Crippen LogP) is 3.12. The third-order valence-electron chi connectivity index (χ3n) is 4.46. The molecule has 2 atom stereocenters. The number of esters is 1. The number of Topliss-reactive ketones (excluding diaryl/α,β-unsaturated/α-hetero) is 2. The molecule has 0 aromatic heterocycles. The third kappa shape index (κ3) is 3.33. The van der Waals surface area contributed by atoms with Crippen LogP contribution in [0.15, 0.2) is 59.5 Å². The molecule has 1 aliphatic heterocycles. The molecule has 1 aliphatic rings. The van der Waals surface area contributed by atoms with E-state index >= 15 is 0 Å². The number of ether oxygens (including phenoxy) is 1. The molecule has 1 amide bonds. The Morgan fingerprint density at radius 1 is 1.07 bits per heavy atom. The van der Waals surface area contributed by atoms with Crippen molar-refractivity contribution in [3.63, 3.8) is 0 Å². The highest BCUT2D eigenvalue weighted by Gasteiger charge is 2.61. The SMILES string of the molecule is CCOC(=O)C1(C(C(C)=O)C(=O)c2ccccc2)Sc2ccccc2NC1=O. The van der Waals surface area contributed by atoms with Crippen molar-refractivity contribution in [2.45, 2.75) is 23.5 Å². The summed E-state index contributed by atoms with van der Waals surface area (Å²) in [5.74, 6) is -4.34. The second kappa shape index (κ2) is 7.98. The van der Waals surface area contributed by atoms with Gasteiger partial charge in [-0.15, -0.1) is 0 Å². The van der Waals surface area contributed by atoms with Crippen molar-refractivity contribution in [1.29, 1.82) is 0 Å². The topological polar surface area (TPSA) is 89.5 Å². The largest absolute Gasteiger partial charge is 0.465 e. The number of carbonyl (C=O) groups excluding carboxylic acids is 4. The van der Waals surface area contributed by atoms with Crippen molar-refractivity contribution in [3.8, 4) is 0 Å². The van der Waals surface area contributed by atoms with Gasteiger partial charge in [0.15, 0.2) is 5.78 Å². The zero-order valence-corrected chi connectivity index (χ0v) is 16.2. The molecular formula is C21H19NO5S. The van der Waals surface area contributed by atoms with Gasteiger partial charge in [0, 0.05) is 10.5 Å². The normalized spacial score (nSPS) is 19.1. The number of anilines is 1. The zero-order chi connectivity index (χ0) is 20.3. The molecule has 6 nitrogen and oxygen atoms in total. The first-order valence-corrected chi connectivity index (χ1v) is 9.60. The summed E-state index contributed by atoms with van der Waals surface area (Å²) in [6, 6.07) is 15.1. The van der Waals surface area contributed by atoms with Gasteiger partial charge in [-0.25, -0.2) is 4.79 Å². The number of amides is 1. The van der Waals surface area contributed by atoms with E-state index in [2.05, 4.69) is 5.32 Å². The van der Waals surface area contributed by atoms with Crippen molar-refractivity contribution in [2.24, 2.45) is 5.92 Å². The molecule has 144 valence electrons. The van der Waals surface area contributed by atoms with Gasteiger partial charge in [0.05, 0.1) is 12.3 Å². The molecule has 1 heterocycles. The summed E-state index contributed by atoms with van der Waals surface area (Å²) in [4.78, 5) is 52.6. The van der Waals surface area contributed by atoms with Gasteiger partial charge in [0.25, 0.3) is 5.91 Å². The maximum atomic E-state index is 13.2. The Bertz CT molecular complexity index is 943. The highest BCUT2D eigenvalue weighted by molar-refractivity contribution is 8.02. The van der Waals surface area contributed by atoms with E-state index in [0.717, 1.165) is 11.8 Å². The summed E-state index contributed by atoms with van der Waals surface area (Å²) < 4.78 is 3.12. The number of hydrogen-bond acceptors (Lipinski definition) is 6. The van der Waals surface area contributed by atoms with Gasteiger partial charge < -0.3 is 10.1 Å². The number of thioether (sulfide) groups is 1. The quantitative estimate of drug-likeness (QED) is 0.458. The van der Waals surface area contributed by atoms with Crippen LogP contribution in [-0.2, 0) is 19.1 Å². The van der Waals surface area contributed by atoms with Crippen LogP contribution in [0.25, 0.3) is 0 Å². The summed E-state index contributed by atoms with van der Waals surface area (Å²) in [5, 5.41) is 2.67. The maximum Gasteiger partial charge on any atom is 0.333 e. The summed E-state index contributed by atoms with van der Waals surface area (Å²) in [6.07, 6.45) is 0. The van der Waals surface area contributed by atoms with E-state index in [0.29, 0.717) is 10.6 Å². The Balaban J connectivity index is 2.18. The molecule has 2 aromatic carbocycles. The summed E-state index contributed by atoms with van der Waals surface area (Å²) in [7, 11) is 0. The number of fused-ring (bicyclic) bond motifs is 1. The smallest absolute Gasteiger partial charge is 0.333 e. The Hall–Kier alpha value is -2.93. The van der Waals surface area contributed by atoms with Crippen LogP contribution >= 0.6 is 11.8 Å². The van der Waals surface area contributed by atoms with E-state index in [1.807, 2.05) is 0 Å². The number of benzene rings is 2. The number of rotatable bonds is 6. The number of hydrogen-bond donors (Lipinski definition) is 1. The Kier molecular flexibility index (Phi) is 5.65. The van der Waals surface area contributed by atoms with E-state index in [4.69, 9.17) is 4.74 Å². The number of carbonyl (C=O) groups is 4. The average molecular weight is 397 g/mol. The first-order valence-electron chi connectivity index (χ1n) is 8.78. The van der Waals surface area contributed by atoms with Gasteiger partial charge in [0.1, 0.15) is 11.7 Å². The fourth-order valence-electron chi connectivity index (χ4n) is 3.20. The molecule has 1 N–H and O–H groups in total. The summed E-state index contributed by atoms with van der Waals surface area (Å²) in [6.45, 7) is 2.83. The molecule has 0 saturated heterocycles. The standard InChI is InChI=1S/C21H19NO5S/c1-3-27-20(26)21(19(25)22-15-11-7-8-12-16(15)28-21)17(13(2)23)18(24)14-9-5-4-6-10-14/h4-12,17H,3H2,1-2H3,(H,22,25). The van der Waals surface area contributed by atoms with Gasteiger partial charge in [0.2, 0.25) is 4.75 Å². The van der Waals surface area contributed by atoms with E-state index < -0.39 is 34.1 Å². The molecule has 3 rings (SSSR count). The number of ketones is 2. The first kappa shape index (κ1) is 19.8. The Morgan fingerprint density at radius 3 is 2.36 bits per heavy atom. The second-order valence-corrected chi connectivity index (χ2v) is 7.57. The van der Waals surface area contributed by atoms with Crippen LogP contribution in [0.1, 0.15) is 24.2 Å². The van der Waals surface area contributed by atoms with Crippen molar-refractivity contribution in [3.05, 3.63) is 60.2 Å². The second-order valence-electron chi connectivity index (χ2n) is 6.28. The van der Waals surface area contributed by atoms with E-state index in [1.165, 1.54) is 6.92 Å². The van der Waals surface area contributed by atoms with Gasteiger partial charge in [-0.3, -0.25) is 14.4 Å². The molecule has 2 unspecified atom stereocenters. The zero-order valence-electron chi connectivity index (χ0n) is 15.4. The monoisotopic (exact) mass is 397 g/mol. The highest BCUT2D eigenvalue weighted by atomic mass is 32.2. The number of para-hydroxylation sites is 1. The highest BCUT2D eigenvalue weighted by Crippen LogP contribution is 2.48. The summed E-state index contributed by atoms with van der Waals surface area (Å²) >= 11 is 0.892. The van der Waals surface area contributed by atoms with Crippen molar-refractivity contribution >= 4 is 40.9 Å². The van der Waals surface area contributed by atoms with E-state index in [1.54, 1.807) is 61.5 Å². The fraction of sp³-hybridized carbons (Fsp3) is 0.238. The lowest BCUT2D eigenvalue weighted by molar-refractivity contribution is -0.152. The van der Waals surface area contributed by atoms with E-state index in [9.17, 15) is 19.2 Å². The first-order chi connectivity index (χ1) is 13.4. The van der Waals surface area contributed by atoms with Crippen LogP contribution in [0, 0.1) is 5.92 Å². The minimum absolute atomic E-state index is 0.0141. The fourth-order valence-corrected chi connectivity index (χ4v) is 4.60. The molecular weight excluding hydrogens is 378 g/mol.